The number of nitrogens with one attached hydrogen (secondary N) is 2. The van der Waals surface area contributed by atoms with E-state index in [4.69, 9.17) is 5.73 Å². The third kappa shape index (κ3) is 3.84. The van der Waals surface area contributed by atoms with E-state index in [1.54, 1.807) is 0 Å². The number of hydrogen-bond donors (Lipinski definition) is 3. The fourth-order valence-electron chi connectivity index (χ4n) is 2.32. The second kappa shape index (κ2) is 6.09. The van der Waals surface area contributed by atoms with Crippen molar-refractivity contribution in [2.45, 2.75) is 33.1 Å². The number of amides is 1. The molecular formula is C16H23N3O. The molecule has 0 radical (unpaired) electrons. The van der Waals surface area contributed by atoms with Crippen LogP contribution in [0.3, 0.4) is 0 Å². The molecule has 0 fully saturated rings. The molecule has 0 saturated heterocycles. The van der Waals surface area contributed by atoms with Crippen LogP contribution in [0.1, 0.15) is 33.1 Å². The summed E-state index contributed by atoms with van der Waals surface area (Å²) >= 11 is 0. The molecule has 1 aromatic carbocycles. The summed E-state index contributed by atoms with van der Waals surface area (Å²) in [6, 6.07) is 7.87. The van der Waals surface area contributed by atoms with Crippen LogP contribution in [-0.2, 0) is 4.79 Å². The molecule has 2 rings (SSSR count). The number of fused-ring (bicyclic) bond motifs is 1. The van der Waals surface area contributed by atoms with E-state index in [0.717, 1.165) is 29.4 Å². The first-order valence-electron chi connectivity index (χ1n) is 7.07. The molecule has 0 spiro atoms. The van der Waals surface area contributed by atoms with Gasteiger partial charge >= 0.3 is 0 Å². The average molecular weight is 273 g/mol. The Hall–Kier alpha value is -1.81. The standard InChI is InChI=1S/C16H23N3O/c1-16(2,8-9-17)7-5-15(20)19-13-3-4-14-12(11-13)6-10-18-14/h3-4,6,10-11,18H,5,7-9,17H2,1-2H3,(H,19,20). The van der Waals surface area contributed by atoms with Gasteiger partial charge < -0.3 is 16.0 Å². The van der Waals surface area contributed by atoms with Gasteiger partial charge in [0, 0.05) is 29.2 Å². The van der Waals surface area contributed by atoms with E-state index in [1.165, 1.54) is 0 Å². The Labute approximate surface area is 119 Å². The van der Waals surface area contributed by atoms with Crippen LogP contribution in [0.2, 0.25) is 0 Å². The SMILES string of the molecule is CC(C)(CCN)CCC(=O)Nc1ccc2[nH]ccc2c1. The predicted octanol–water partition coefficient (Wildman–Crippen LogP) is 3.26. The Bertz CT molecular complexity index is 586. The Morgan fingerprint density at radius 2 is 2.10 bits per heavy atom. The van der Waals surface area contributed by atoms with Crippen LogP contribution in [0.15, 0.2) is 30.5 Å². The highest BCUT2D eigenvalue weighted by Crippen LogP contribution is 2.26. The maximum atomic E-state index is 12.0. The van der Waals surface area contributed by atoms with Crippen molar-refractivity contribution in [3.05, 3.63) is 30.5 Å². The maximum absolute atomic E-state index is 12.0. The first-order chi connectivity index (χ1) is 9.50. The fourth-order valence-corrected chi connectivity index (χ4v) is 2.32. The van der Waals surface area contributed by atoms with E-state index in [2.05, 4.69) is 24.1 Å². The molecule has 20 heavy (non-hydrogen) atoms. The number of H-pyrrole nitrogens is 1. The molecule has 4 heteroatoms. The highest BCUT2D eigenvalue weighted by Gasteiger charge is 2.18. The van der Waals surface area contributed by atoms with Gasteiger partial charge in [0.15, 0.2) is 0 Å². The molecule has 0 bridgehead atoms. The van der Waals surface area contributed by atoms with Gasteiger partial charge in [-0.05, 0) is 49.1 Å². The molecule has 108 valence electrons. The number of carbonyl (C=O) groups is 1. The van der Waals surface area contributed by atoms with Crippen LogP contribution in [0, 0.1) is 5.41 Å². The quantitative estimate of drug-likeness (QED) is 0.756. The first-order valence-corrected chi connectivity index (χ1v) is 7.07. The van der Waals surface area contributed by atoms with Crippen LogP contribution in [0.4, 0.5) is 5.69 Å². The summed E-state index contributed by atoms with van der Waals surface area (Å²) in [5.74, 6) is 0.0602. The minimum absolute atomic E-state index is 0.0602. The first kappa shape index (κ1) is 14.6. The van der Waals surface area contributed by atoms with E-state index in [1.807, 2.05) is 30.5 Å². The Kier molecular flexibility index (Phi) is 4.45. The Balaban J connectivity index is 1.90. The van der Waals surface area contributed by atoms with E-state index in [0.29, 0.717) is 13.0 Å². The lowest BCUT2D eigenvalue weighted by Gasteiger charge is -2.23. The molecule has 0 saturated carbocycles. The molecule has 0 aliphatic heterocycles. The molecule has 0 aliphatic carbocycles. The van der Waals surface area contributed by atoms with Crippen LogP contribution in [0.5, 0.6) is 0 Å². The van der Waals surface area contributed by atoms with Gasteiger partial charge in [0.2, 0.25) is 5.91 Å². The van der Waals surface area contributed by atoms with Crippen LogP contribution in [-0.4, -0.2) is 17.4 Å². The lowest BCUT2D eigenvalue weighted by atomic mass is 9.84. The summed E-state index contributed by atoms with van der Waals surface area (Å²) in [5, 5.41) is 4.06. The number of rotatable bonds is 6. The van der Waals surface area contributed by atoms with E-state index in [9.17, 15) is 4.79 Å². The fraction of sp³-hybridized carbons (Fsp3) is 0.438. The number of carbonyl (C=O) groups excluding carboxylic acids is 1. The Morgan fingerprint density at radius 1 is 1.30 bits per heavy atom. The van der Waals surface area contributed by atoms with E-state index >= 15 is 0 Å². The summed E-state index contributed by atoms with van der Waals surface area (Å²) in [7, 11) is 0. The molecule has 0 unspecified atom stereocenters. The molecule has 4 N–H and O–H groups in total. The summed E-state index contributed by atoms with van der Waals surface area (Å²) in [6.45, 7) is 4.97. The summed E-state index contributed by atoms with van der Waals surface area (Å²) < 4.78 is 0. The molecule has 0 aliphatic rings. The van der Waals surface area contributed by atoms with Crippen molar-refractivity contribution in [1.82, 2.24) is 4.98 Å². The summed E-state index contributed by atoms with van der Waals surface area (Å²) in [6.07, 6.45) is 4.21. The van der Waals surface area contributed by atoms with Gasteiger partial charge in [-0.1, -0.05) is 13.8 Å². The average Bonchev–Trinajstić information content (AvgIpc) is 2.84. The highest BCUT2D eigenvalue weighted by atomic mass is 16.1. The monoisotopic (exact) mass is 273 g/mol. The summed E-state index contributed by atoms with van der Waals surface area (Å²) in [5.41, 5.74) is 7.63. The van der Waals surface area contributed by atoms with Gasteiger partial charge in [0.1, 0.15) is 0 Å². The number of benzene rings is 1. The number of anilines is 1. The number of nitrogens with two attached hydrogens (primary N) is 1. The van der Waals surface area contributed by atoms with Crippen molar-refractivity contribution in [1.29, 1.82) is 0 Å². The zero-order valence-corrected chi connectivity index (χ0v) is 12.2. The largest absolute Gasteiger partial charge is 0.361 e. The van der Waals surface area contributed by atoms with Crippen molar-refractivity contribution in [2.24, 2.45) is 11.1 Å². The zero-order valence-electron chi connectivity index (χ0n) is 12.2. The molecule has 1 amide bonds. The van der Waals surface area contributed by atoms with Crippen LogP contribution >= 0.6 is 0 Å². The smallest absolute Gasteiger partial charge is 0.224 e. The van der Waals surface area contributed by atoms with Gasteiger partial charge in [-0.15, -0.1) is 0 Å². The van der Waals surface area contributed by atoms with Gasteiger partial charge in [-0.3, -0.25) is 4.79 Å². The lowest BCUT2D eigenvalue weighted by molar-refractivity contribution is -0.116. The normalized spacial score (nSPS) is 11.8. The maximum Gasteiger partial charge on any atom is 0.224 e. The predicted molar refractivity (Wildman–Crippen MR) is 83.6 cm³/mol. The van der Waals surface area contributed by atoms with Crippen molar-refractivity contribution in [2.75, 3.05) is 11.9 Å². The number of hydrogen-bond acceptors (Lipinski definition) is 2. The molecule has 2 aromatic rings. The lowest BCUT2D eigenvalue weighted by Crippen LogP contribution is -2.20. The molecule has 4 nitrogen and oxygen atoms in total. The van der Waals surface area contributed by atoms with Crippen LogP contribution < -0.4 is 11.1 Å². The van der Waals surface area contributed by atoms with Gasteiger partial charge in [0.25, 0.3) is 0 Å². The third-order valence-electron chi connectivity index (χ3n) is 3.69. The Morgan fingerprint density at radius 3 is 2.85 bits per heavy atom. The zero-order chi connectivity index (χ0) is 14.6. The van der Waals surface area contributed by atoms with Crippen molar-refractivity contribution >= 4 is 22.5 Å². The number of aromatic nitrogens is 1. The minimum Gasteiger partial charge on any atom is -0.361 e. The molecule has 1 aromatic heterocycles. The summed E-state index contributed by atoms with van der Waals surface area (Å²) in [4.78, 5) is 15.1. The van der Waals surface area contributed by atoms with Gasteiger partial charge in [-0.2, -0.15) is 0 Å². The second-order valence-corrected chi connectivity index (χ2v) is 6.03. The number of aromatic amines is 1. The third-order valence-corrected chi connectivity index (χ3v) is 3.69. The molecule has 1 heterocycles. The molecular weight excluding hydrogens is 250 g/mol. The van der Waals surface area contributed by atoms with E-state index < -0.39 is 0 Å². The van der Waals surface area contributed by atoms with Crippen molar-refractivity contribution in [3.63, 3.8) is 0 Å². The topological polar surface area (TPSA) is 70.9 Å². The molecule has 0 atom stereocenters. The second-order valence-electron chi connectivity index (χ2n) is 6.03. The van der Waals surface area contributed by atoms with Gasteiger partial charge in [0.05, 0.1) is 0 Å². The van der Waals surface area contributed by atoms with Gasteiger partial charge in [-0.25, -0.2) is 0 Å². The minimum atomic E-state index is 0.0602. The van der Waals surface area contributed by atoms with Crippen LogP contribution in [0.25, 0.3) is 10.9 Å². The highest BCUT2D eigenvalue weighted by molar-refractivity contribution is 5.93. The van der Waals surface area contributed by atoms with Crippen molar-refractivity contribution in [3.8, 4) is 0 Å². The van der Waals surface area contributed by atoms with Crippen molar-refractivity contribution < 1.29 is 4.79 Å². The van der Waals surface area contributed by atoms with E-state index in [-0.39, 0.29) is 11.3 Å².